The molecule has 0 N–H and O–H groups in total. The first kappa shape index (κ1) is 25.2. The van der Waals surface area contributed by atoms with Crippen LogP contribution in [0.1, 0.15) is 41.5 Å². The van der Waals surface area contributed by atoms with E-state index in [-0.39, 0.29) is 0 Å². The highest BCUT2D eigenvalue weighted by Gasteiger charge is 2.85. The van der Waals surface area contributed by atoms with Gasteiger partial charge < -0.3 is 4.74 Å². The van der Waals surface area contributed by atoms with Crippen molar-refractivity contribution in [2.24, 2.45) is 10.8 Å². The first-order valence-electron chi connectivity index (χ1n) is 7.87. The van der Waals surface area contributed by atoms with E-state index >= 15 is 0 Å². The maximum absolute atomic E-state index is 14.1. The van der Waals surface area contributed by atoms with Crippen LogP contribution in [-0.4, -0.2) is 42.6 Å². The standard InChI is InChI=1S/C15H20F10O3/c1-7(16)10(5,6)8-11(9(2,3)4,28-15(23,24)25)27-12(26-8,13(17,18)19)14(20,21)22/h7-8H,1-6H3. The second-order valence-electron chi connectivity index (χ2n) is 8.11. The molecule has 0 amide bonds. The average molecular weight is 438 g/mol. The molecule has 1 rings (SSSR count). The quantitative estimate of drug-likeness (QED) is 0.515. The third-order valence-electron chi connectivity index (χ3n) is 4.68. The minimum absolute atomic E-state index is 0.756. The molecule has 0 aromatic heterocycles. The van der Waals surface area contributed by atoms with Crippen LogP contribution in [0.3, 0.4) is 0 Å². The van der Waals surface area contributed by atoms with Crippen molar-refractivity contribution >= 4 is 0 Å². The van der Waals surface area contributed by atoms with Gasteiger partial charge in [-0.2, -0.15) is 26.3 Å². The molecule has 3 atom stereocenters. The van der Waals surface area contributed by atoms with Gasteiger partial charge in [0.2, 0.25) is 5.79 Å². The van der Waals surface area contributed by atoms with Crippen LogP contribution in [0, 0.1) is 10.8 Å². The van der Waals surface area contributed by atoms with Crippen LogP contribution in [0.5, 0.6) is 0 Å². The van der Waals surface area contributed by atoms with Crippen molar-refractivity contribution < 1.29 is 58.1 Å². The monoisotopic (exact) mass is 438 g/mol. The fourth-order valence-corrected chi connectivity index (χ4v) is 2.74. The molecule has 0 aliphatic carbocycles. The highest BCUT2D eigenvalue weighted by atomic mass is 19.4. The summed E-state index contributed by atoms with van der Waals surface area (Å²) in [5.41, 5.74) is -4.48. The summed E-state index contributed by atoms with van der Waals surface area (Å²) in [6, 6.07) is 0. The zero-order valence-corrected chi connectivity index (χ0v) is 15.7. The van der Waals surface area contributed by atoms with Gasteiger partial charge in [0.15, 0.2) is 0 Å². The Labute approximate surface area is 154 Å². The van der Waals surface area contributed by atoms with Gasteiger partial charge in [0, 0.05) is 10.8 Å². The largest absolute Gasteiger partial charge is 0.525 e. The van der Waals surface area contributed by atoms with Crippen LogP contribution in [0.25, 0.3) is 0 Å². The van der Waals surface area contributed by atoms with E-state index in [1.165, 1.54) is 0 Å². The number of alkyl halides is 10. The van der Waals surface area contributed by atoms with Crippen LogP contribution in [0.15, 0.2) is 0 Å². The first-order valence-corrected chi connectivity index (χ1v) is 7.87. The second-order valence-corrected chi connectivity index (χ2v) is 8.11. The summed E-state index contributed by atoms with van der Waals surface area (Å²) in [4.78, 5) is 0. The SMILES string of the molecule is CC(F)C(C)(C)C1OC(C(F)(F)F)(C(F)(F)F)OC1(OC(F)(F)F)C(C)(C)C. The van der Waals surface area contributed by atoms with Crippen LogP contribution in [-0.2, 0) is 14.2 Å². The lowest BCUT2D eigenvalue weighted by molar-refractivity contribution is -0.491. The Hall–Kier alpha value is -0.820. The Morgan fingerprint density at radius 2 is 1.21 bits per heavy atom. The lowest BCUT2D eigenvalue weighted by Gasteiger charge is -2.48. The van der Waals surface area contributed by atoms with Crippen LogP contribution >= 0.6 is 0 Å². The molecule has 3 nitrogen and oxygen atoms in total. The van der Waals surface area contributed by atoms with Gasteiger partial charge in [-0.25, -0.2) is 4.39 Å². The third kappa shape index (κ3) is 3.93. The molecule has 0 aromatic carbocycles. The van der Waals surface area contributed by atoms with Gasteiger partial charge >= 0.3 is 24.5 Å². The highest BCUT2D eigenvalue weighted by Crippen LogP contribution is 2.62. The maximum Gasteiger partial charge on any atom is 0.525 e. The maximum atomic E-state index is 14.1. The number of rotatable bonds is 3. The van der Waals surface area contributed by atoms with Gasteiger partial charge in [-0.3, -0.25) is 9.47 Å². The summed E-state index contributed by atoms with van der Waals surface area (Å²) in [7, 11) is 0. The lowest BCUT2D eigenvalue weighted by Crippen LogP contribution is -2.62. The summed E-state index contributed by atoms with van der Waals surface area (Å²) >= 11 is 0. The van der Waals surface area contributed by atoms with Gasteiger partial charge in [-0.1, -0.05) is 34.6 Å². The molecule has 1 aliphatic rings. The molecule has 1 saturated heterocycles. The van der Waals surface area contributed by atoms with E-state index in [9.17, 15) is 43.9 Å². The molecular formula is C15H20F10O3. The van der Waals surface area contributed by atoms with Crippen LogP contribution < -0.4 is 0 Å². The van der Waals surface area contributed by atoms with Gasteiger partial charge in [0.25, 0.3) is 0 Å². The van der Waals surface area contributed by atoms with Crippen molar-refractivity contribution in [3.63, 3.8) is 0 Å². The minimum atomic E-state index is -6.35. The van der Waals surface area contributed by atoms with Gasteiger partial charge in [-0.15, -0.1) is 13.2 Å². The van der Waals surface area contributed by atoms with E-state index in [0.717, 1.165) is 41.5 Å². The second kappa shape index (κ2) is 6.59. The summed E-state index contributed by atoms with van der Waals surface area (Å²) in [5, 5.41) is 0. The molecule has 0 bridgehead atoms. The Balaban J connectivity index is 3.92. The van der Waals surface area contributed by atoms with Crippen LogP contribution in [0.4, 0.5) is 43.9 Å². The van der Waals surface area contributed by atoms with Crippen molar-refractivity contribution in [2.45, 2.75) is 84.1 Å². The number of hydrogen-bond acceptors (Lipinski definition) is 3. The van der Waals surface area contributed by atoms with E-state index < -0.39 is 53.4 Å². The summed E-state index contributed by atoms with van der Waals surface area (Å²) in [6.45, 7) is 4.96. The van der Waals surface area contributed by atoms with E-state index in [4.69, 9.17) is 0 Å². The average Bonchev–Trinajstić information content (AvgIpc) is 2.73. The van der Waals surface area contributed by atoms with Crippen molar-refractivity contribution in [1.29, 1.82) is 0 Å². The summed E-state index contributed by atoms with van der Waals surface area (Å²) in [5.74, 6) is -9.13. The highest BCUT2D eigenvalue weighted by molar-refractivity contribution is 5.09. The molecule has 0 spiro atoms. The first-order chi connectivity index (χ1) is 11.9. The molecule has 1 aliphatic heterocycles. The minimum Gasteiger partial charge on any atom is -0.326 e. The third-order valence-corrected chi connectivity index (χ3v) is 4.68. The Morgan fingerprint density at radius 3 is 1.46 bits per heavy atom. The van der Waals surface area contributed by atoms with Crippen molar-refractivity contribution in [1.82, 2.24) is 0 Å². The van der Waals surface area contributed by atoms with E-state index in [1.54, 1.807) is 0 Å². The Bertz CT molecular complexity index is 557. The Kier molecular flexibility index (Phi) is 5.94. The van der Waals surface area contributed by atoms with Crippen molar-refractivity contribution in [2.75, 3.05) is 0 Å². The number of halogens is 10. The van der Waals surface area contributed by atoms with Gasteiger partial charge in [-0.05, 0) is 6.92 Å². The molecule has 13 heteroatoms. The smallest absolute Gasteiger partial charge is 0.326 e. The summed E-state index contributed by atoms with van der Waals surface area (Å²) < 4.78 is 146. The molecule has 168 valence electrons. The zero-order chi connectivity index (χ0) is 22.8. The molecule has 3 unspecified atom stereocenters. The van der Waals surface area contributed by atoms with Crippen LogP contribution in [0.2, 0.25) is 0 Å². The van der Waals surface area contributed by atoms with Crippen molar-refractivity contribution in [3.8, 4) is 0 Å². The fraction of sp³-hybridized carbons (Fsp3) is 1.00. The predicted molar refractivity (Wildman–Crippen MR) is 74.5 cm³/mol. The fourth-order valence-electron chi connectivity index (χ4n) is 2.74. The normalized spacial score (nSPS) is 28.5. The summed E-state index contributed by atoms with van der Waals surface area (Å²) in [6.07, 6.45) is -23.4. The van der Waals surface area contributed by atoms with Gasteiger partial charge in [0.1, 0.15) is 12.3 Å². The van der Waals surface area contributed by atoms with E-state index in [2.05, 4.69) is 14.2 Å². The molecule has 1 fully saturated rings. The molecule has 0 radical (unpaired) electrons. The zero-order valence-electron chi connectivity index (χ0n) is 15.7. The van der Waals surface area contributed by atoms with E-state index in [0.29, 0.717) is 0 Å². The van der Waals surface area contributed by atoms with Crippen molar-refractivity contribution in [3.05, 3.63) is 0 Å². The Morgan fingerprint density at radius 1 is 0.821 bits per heavy atom. The van der Waals surface area contributed by atoms with E-state index in [1.807, 2.05) is 0 Å². The van der Waals surface area contributed by atoms with Gasteiger partial charge in [0.05, 0.1) is 0 Å². The molecule has 0 saturated carbocycles. The predicted octanol–water partition coefficient (Wildman–Crippen LogP) is 5.89. The molecule has 1 heterocycles. The molecule has 0 aromatic rings. The number of hydrogen-bond donors (Lipinski definition) is 0. The molecular weight excluding hydrogens is 418 g/mol. The number of ether oxygens (including phenoxy) is 3. The lowest BCUT2D eigenvalue weighted by atomic mass is 9.70. The topological polar surface area (TPSA) is 27.7 Å². The molecule has 28 heavy (non-hydrogen) atoms.